The molecule has 1 aromatic heterocycles. The van der Waals surface area contributed by atoms with Crippen molar-refractivity contribution in [2.24, 2.45) is 0 Å². The molecule has 2 aromatic carbocycles. The van der Waals surface area contributed by atoms with Crippen molar-refractivity contribution in [1.82, 2.24) is 9.97 Å². The van der Waals surface area contributed by atoms with Crippen LogP contribution in [0.2, 0.25) is 0 Å². The Hall–Kier alpha value is -3.22. The Balaban J connectivity index is 1.68. The van der Waals surface area contributed by atoms with Crippen LogP contribution < -0.4 is 10.1 Å². The number of fused-ring (bicyclic) bond motifs is 1. The third-order valence-electron chi connectivity index (χ3n) is 5.12. The Morgan fingerprint density at radius 1 is 1.00 bits per heavy atom. The first-order valence-corrected chi connectivity index (χ1v) is 9.64. The Morgan fingerprint density at radius 3 is 2.54 bits per heavy atom. The average Bonchev–Trinajstić information content (AvgIpc) is 2.97. The van der Waals surface area contributed by atoms with Crippen LogP contribution in [0.4, 0.5) is 11.5 Å². The molecule has 3 aromatic rings. The van der Waals surface area contributed by atoms with Gasteiger partial charge in [0.2, 0.25) is 5.82 Å². The molecular formula is C21H22N4O3. The van der Waals surface area contributed by atoms with E-state index in [1.807, 2.05) is 36.4 Å². The highest BCUT2D eigenvalue weighted by Gasteiger charge is 2.27. The van der Waals surface area contributed by atoms with Gasteiger partial charge in [0.25, 0.3) is 0 Å². The summed E-state index contributed by atoms with van der Waals surface area (Å²) in [4.78, 5) is 19.5. The monoisotopic (exact) mass is 378 g/mol. The van der Waals surface area contributed by atoms with E-state index in [2.05, 4.69) is 15.3 Å². The number of aromatic nitrogens is 2. The number of benzene rings is 2. The van der Waals surface area contributed by atoms with E-state index in [1.54, 1.807) is 6.07 Å². The van der Waals surface area contributed by atoms with Gasteiger partial charge in [-0.3, -0.25) is 10.1 Å². The summed E-state index contributed by atoms with van der Waals surface area (Å²) >= 11 is 0. The number of hydrogen-bond acceptors (Lipinski definition) is 6. The second-order valence-corrected chi connectivity index (χ2v) is 7.05. The lowest BCUT2D eigenvalue weighted by Crippen LogP contribution is -2.20. The van der Waals surface area contributed by atoms with Gasteiger partial charge in [0.15, 0.2) is 0 Å². The molecule has 1 saturated carbocycles. The minimum absolute atomic E-state index is 0.0486. The molecule has 1 aliphatic rings. The zero-order valence-electron chi connectivity index (χ0n) is 15.5. The molecule has 0 atom stereocenters. The molecule has 1 aliphatic carbocycles. The van der Waals surface area contributed by atoms with Crippen molar-refractivity contribution in [1.29, 1.82) is 0 Å². The zero-order valence-corrected chi connectivity index (χ0v) is 15.5. The van der Waals surface area contributed by atoms with Crippen LogP contribution in [0.3, 0.4) is 0 Å². The van der Waals surface area contributed by atoms with Gasteiger partial charge >= 0.3 is 11.6 Å². The number of rotatable bonds is 5. The van der Waals surface area contributed by atoms with E-state index < -0.39 is 4.92 Å². The Labute approximate surface area is 162 Å². The Morgan fingerprint density at radius 2 is 1.75 bits per heavy atom. The predicted octanol–water partition coefficient (Wildman–Crippen LogP) is 5.47. The topological polar surface area (TPSA) is 90.2 Å². The summed E-state index contributed by atoms with van der Waals surface area (Å²) in [6.45, 7) is 0. The van der Waals surface area contributed by atoms with Crippen molar-refractivity contribution < 1.29 is 9.66 Å². The summed E-state index contributed by atoms with van der Waals surface area (Å²) < 4.78 is 5.91. The molecule has 7 nitrogen and oxygen atoms in total. The van der Waals surface area contributed by atoms with E-state index in [9.17, 15) is 10.1 Å². The fraction of sp³-hybridized carbons (Fsp3) is 0.333. The lowest BCUT2D eigenvalue weighted by atomic mass is 10.1. The molecule has 0 bridgehead atoms. The fourth-order valence-corrected chi connectivity index (χ4v) is 3.71. The highest BCUT2D eigenvalue weighted by Crippen LogP contribution is 2.37. The quantitative estimate of drug-likeness (QED) is 0.360. The summed E-state index contributed by atoms with van der Waals surface area (Å²) in [5.74, 6) is 0.704. The number of nitrogens with one attached hydrogen (secondary N) is 1. The van der Waals surface area contributed by atoms with Crippen molar-refractivity contribution in [3.63, 3.8) is 0 Å². The lowest BCUT2D eigenvalue weighted by Gasteiger charge is -2.17. The Bertz CT molecular complexity index is 979. The molecule has 1 fully saturated rings. The van der Waals surface area contributed by atoms with Crippen molar-refractivity contribution in [2.45, 2.75) is 44.6 Å². The van der Waals surface area contributed by atoms with E-state index in [1.165, 1.54) is 19.2 Å². The third kappa shape index (κ3) is 3.88. The third-order valence-corrected chi connectivity index (χ3v) is 5.12. The maximum absolute atomic E-state index is 11.8. The Kier molecular flexibility index (Phi) is 5.32. The average molecular weight is 378 g/mol. The summed E-state index contributed by atoms with van der Waals surface area (Å²) in [7, 11) is 0. The molecular weight excluding hydrogens is 356 g/mol. The van der Waals surface area contributed by atoms with E-state index in [-0.39, 0.29) is 23.4 Å². The number of ether oxygens (including phenoxy) is 1. The molecule has 0 unspecified atom stereocenters. The molecule has 0 saturated heterocycles. The van der Waals surface area contributed by atoms with Crippen molar-refractivity contribution in [3.05, 3.63) is 58.9 Å². The molecule has 7 heteroatoms. The number of nitro groups is 1. The van der Waals surface area contributed by atoms with Crippen LogP contribution >= 0.6 is 0 Å². The standard InChI is InChI=1S/C21H22N4O3/c26-25(27)19-20(24-16-10-3-1-2-4-11-16)22-14-23-21(19)28-18-13-7-9-15-8-5-6-12-17(15)18/h5-9,12-14,16H,1-4,10-11H2,(H,22,23,24). The van der Waals surface area contributed by atoms with Crippen molar-refractivity contribution in [2.75, 3.05) is 5.32 Å². The van der Waals surface area contributed by atoms with Crippen LogP contribution in [0.1, 0.15) is 38.5 Å². The molecule has 28 heavy (non-hydrogen) atoms. The number of nitrogens with zero attached hydrogens (tertiary/aromatic N) is 3. The van der Waals surface area contributed by atoms with Gasteiger partial charge in [-0.05, 0) is 24.3 Å². The molecule has 1 N–H and O–H groups in total. The predicted molar refractivity (Wildman–Crippen MR) is 108 cm³/mol. The van der Waals surface area contributed by atoms with E-state index in [0.29, 0.717) is 5.75 Å². The van der Waals surface area contributed by atoms with Crippen LogP contribution in [0, 0.1) is 10.1 Å². The van der Waals surface area contributed by atoms with Crippen LogP contribution in [0.5, 0.6) is 11.6 Å². The van der Waals surface area contributed by atoms with Crippen LogP contribution in [-0.2, 0) is 0 Å². The second-order valence-electron chi connectivity index (χ2n) is 7.05. The van der Waals surface area contributed by atoms with Gasteiger partial charge in [-0.15, -0.1) is 0 Å². The molecule has 1 heterocycles. The zero-order chi connectivity index (χ0) is 19.3. The van der Waals surface area contributed by atoms with Gasteiger partial charge in [0, 0.05) is 11.4 Å². The number of anilines is 1. The van der Waals surface area contributed by atoms with E-state index >= 15 is 0 Å². The highest BCUT2D eigenvalue weighted by atomic mass is 16.6. The molecule has 0 amide bonds. The van der Waals surface area contributed by atoms with E-state index in [4.69, 9.17) is 4.74 Å². The van der Waals surface area contributed by atoms with Gasteiger partial charge in [0.05, 0.1) is 4.92 Å². The fourth-order valence-electron chi connectivity index (χ4n) is 3.71. The first kappa shape index (κ1) is 18.2. The summed E-state index contributed by atoms with van der Waals surface area (Å²) in [6.07, 6.45) is 7.94. The minimum Gasteiger partial charge on any atom is -0.433 e. The summed E-state index contributed by atoms with van der Waals surface area (Å²) in [5, 5.41) is 16.9. The SMILES string of the molecule is O=[N+]([O-])c1c(NC2CCCCCC2)ncnc1Oc1cccc2ccccc12. The smallest absolute Gasteiger partial charge is 0.373 e. The highest BCUT2D eigenvalue weighted by molar-refractivity contribution is 5.88. The lowest BCUT2D eigenvalue weighted by molar-refractivity contribution is -0.385. The first-order valence-electron chi connectivity index (χ1n) is 9.64. The molecule has 0 spiro atoms. The summed E-state index contributed by atoms with van der Waals surface area (Å²) in [5.41, 5.74) is -0.223. The normalized spacial score (nSPS) is 15.1. The van der Waals surface area contributed by atoms with Gasteiger partial charge in [-0.2, -0.15) is 4.98 Å². The minimum atomic E-state index is -0.473. The second kappa shape index (κ2) is 8.21. The van der Waals surface area contributed by atoms with Gasteiger partial charge in [0.1, 0.15) is 12.1 Å². The van der Waals surface area contributed by atoms with Crippen LogP contribution in [0.25, 0.3) is 10.8 Å². The molecule has 0 aliphatic heterocycles. The van der Waals surface area contributed by atoms with Crippen molar-refractivity contribution >= 4 is 22.3 Å². The van der Waals surface area contributed by atoms with Gasteiger partial charge in [-0.25, -0.2) is 4.98 Å². The maximum Gasteiger partial charge on any atom is 0.373 e. The first-order chi connectivity index (χ1) is 13.7. The molecule has 4 rings (SSSR count). The van der Waals surface area contributed by atoms with Crippen LogP contribution in [-0.4, -0.2) is 20.9 Å². The molecule has 0 radical (unpaired) electrons. The summed E-state index contributed by atoms with van der Waals surface area (Å²) in [6, 6.07) is 13.5. The van der Waals surface area contributed by atoms with E-state index in [0.717, 1.165) is 36.5 Å². The van der Waals surface area contributed by atoms with Crippen molar-refractivity contribution in [3.8, 4) is 11.6 Å². The number of hydrogen-bond donors (Lipinski definition) is 1. The van der Waals surface area contributed by atoms with Gasteiger partial charge < -0.3 is 10.1 Å². The largest absolute Gasteiger partial charge is 0.433 e. The van der Waals surface area contributed by atoms with Crippen LogP contribution in [0.15, 0.2) is 48.8 Å². The van der Waals surface area contributed by atoms with Gasteiger partial charge in [-0.1, -0.05) is 62.1 Å². The maximum atomic E-state index is 11.8. The molecule has 144 valence electrons.